The molecular weight excluding hydrogens is 314 g/mol. The van der Waals surface area contributed by atoms with Crippen molar-refractivity contribution in [3.05, 3.63) is 68.6 Å². The monoisotopic (exact) mass is 329 g/mol. The fraction of sp³-hybridized carbons (Fsp3) is 0.188. The number of aromatic amines is 1. The zero-order chi connectivity index (χ0) is 16.4. The minimum absolute atomic E-state index is 0.0964. The maximum absolute atomic E-state index is 12.2. The van der Waals surface area contributed by atoms with E-state index in [0.717, 1.165) is 11.3 Å². The number of rotatable bonds is 2. The van der Waals surface area contributed by atoms with Crippen LogP contribution in [-0.4, -0.2) is 16.7 Å². The first kappa shape index (κ1) is 15.3. The number of nitrogens with two attached hydrogens (primary N) is 2. The molecule has 0 aliphatic heterocycles. The number of fused-ring (bicyclic) bond motifs is 1. The van der Waals surface area contributed by atoms with Gasteiger partial charge in [-0.25, -0.2) is 0 Å². The van der Waals surface area contributed by atoms with Crippen LogP contribution in [0.2, 0.25) is 5.02 Å². The predicted molar refractivity (Wildman–Crippen MR) is 91.9 cm³/mol. The molecule has 5 N–H and O–H groups in total. The minimum atomic E-state index is -0.147. The molecule has 1 aromatic heterocycles. The van der Waals surface area contributed by atoms with E-state index in [9.17, 15) is 4.79 Å². The predicted octanol–water partition coefficient (Wildman–Crippen LogP) is 1.74. The van der Waals surface area contributed by atoms with Crippen LogP contribution in [-0.2, 0) is 6.42 Å². The Labute approximate surface area is 137 Å². The highest BCUT2D eigenvalue weighted by atomic mass is 35.5. The normalized spacial score (nSPS) is 18.5. The number of H-pyrrole nitrogens is 1. The molecule has 0 fully saturated rings. The van der Waals surface area contributed by atoms with Crippen LogP contribution < -0.4 is 16.9 Å². The third-order valence-corrected chi connectivity index (χ3v) is 4.19. The lowest BCUT2D eigenvalue weighted by Gasteiger charge is -2.25. The Morgan fingerprint density at radius 1 is 1.22 bits per heavy atom. The fourth-order valence-electron chi connectivity index (χ4n) is 2.89. The average molecular weight is 330 g/mol. The van der Waals surface area contributed by atoms with Gasteiger partial charge < -0.3 is 16.5 Å². The Bertz CT molecular complexity index is 852. The number of pyridine rings is 1. The van der Waals surface area contributed by atoms with Crippen molar-refractivity contribution in [2.24, 2.45) is 21.7 Å². The molecule has 0 spiro atoms. The van der Waals surface area contributed by atoms with Crippen LogP contribution in [0.4, 0.5) is 0 Å². The van der Waals surface area contributed by atoms with Gasteiger partial charge in [0.15, 0.2) is 5.43 Å². The maximum atomic E-state index is 12.2. The molecule has 1 unspecified atom stereocenters. The maximum Gasteiger partial charge on any atom is 0.211 e. The Kier molecular flexibility index (Phi) is 4.16. The topological polar surface area (TPSA) is 110 Å². The van der Waals surface area contributed by atoms with Gasteiger partial charge in [0.05, 0.1) is 11.3 Å². The van der Waals surface area contributed by atoms with Crippen molar-refractivity contribution in [2.75, 3.05) is 0 Å². The van der Waals surface area contributed by atoms with Crippen molar-refractivity contribution in [1.29, 1.82) is 0 Å². The van der Waals surface area contributed by atoms with Crippen molar-refractivity contribution < 1.29 is 0 Å². The van der Waals surface area contributed by atoms with Crippen LogP contribution in [0, 0.1) is 0 Å². The molecule has 0 amide bonds. The summed E-state index contributed by atoms with van der Waals surface area (Å²) in [6, 6.07) is 9.14. The number of nitrogens with zero attached hydrogens (tertiary/aromatic N) is 2. The molecule has 0 radical (unpaired) electrons. The van der Waals surface area contributed by atoms with Gasteiger partial charge in [-0.2, -0.15) is 5.10 Å². The first-order chi connectivity index (χ1) is 11.1. The first-order valence-corrected chi connectivity index (χ1v) is 7.55. The summed E-state index contributed by atoms with van der Waals surface area (Å²) in [5.74, 6) is -0.0477. The van der Waals surface area contributed by atoms with Gasteiger partial charge in [0, 0.05) is 23.0 Å². The summed E-state index contributed by atoms with van der Waals surface area (Å²) < 4.78 is 0. The van der Waals surface area contributed by atoms with E-state index in [1.165, 1.54) is 6.07 Å². The molecule has 0 saturated carbocycles. The van der Waals surface area contributed by atoms with E-state index >= 15 is 0 Å². The van der Waals surface area contributed by atoms with Crippen LogP contribution in [0.5, 0.6) is 0 Å². The number of hydrogen-bond acceptors (Lipinski definition) is 3. The number of guanidine groups is 1. The van der Waals surface area contributed by atoms with E-state index in [1.54, 1.807) is 6.20 Å². The summed E-state index contributed by atoms with van der Waals surface area (Å²) in [5.41, 5.74) is 13.5. The quantitative estimate of drug-likeness (QED) is 0.443. The van der Waals surface area contributed by atoms with Gasteiger partial charge in [0.25, 0.3) is 0 Å². The molecule has 1 aliphatic carbocycles. The zero-order valence-electron chi connectivity index (χ0n) is 12.3. The van der Waals surface area contributed by atoms with Gasteiger partial charge in [-0.3, -0.25) is 4.79 Å². The molecule has 1 aliphatic rings. The van der Waals surface area contributed by atoms with E-state index in [4.69, 9.17) is 23.1 Å². The van der Waals surface area contributed by atoms with Crippen LogP contribution in [0.3, 0.4) is 0 Å². The van der Waals surface area contributed by atoms with Gasteiger partial charge in [0.1, 0.15) is 0 Å². The number of aromatic nitrogens is 1. The van der Waals surface area contributed by atoms with Crippen LogP contribution >= 0.6 is 11.6 Å². The van der Waals surface area contributed by atoms with Crippen LogP contribution in [0.15, 0.2) is 51.5 Å². The van der Waals surface area contributed by atoms with Crippen molar-refractivity contribution >= 4 is 23.3 Å². The molecular formula is C16H16ClN5O. The summed E-state index contributed by atoms with van der Waals surface area (Å²) in [5, 5.41) is 8.49. The van der Waals surface area contributed by atoms with Crippen LogP contribution in [0.1, 0.15) is 29.2 Å². The molecule has 0 bridgehead atoms. The van der Waals surface area contributed by atoms with E-state index < -0.39 is 0 Å². The summed E-state index contributed by atoms with van der Waals surface area (Å²) in [6.45, 7) is 0. The molecule has 7 heteroatoms. The minimum Gasteiger partial charge on any atom is -0.369 e. The second-order valence-electron chi connectivity index (χ2n) is 5.39. The third kappa shape index (κ3) is 3.12. The van der Waals surface area contributed by atoms with E-state index in [0.29, 0.717) is 29.1 Å². The highest BCUT2D eigenvalue weighted by Gasteiger charge is 2.28. The van der Waals surface area contributed by atoms with Gasteiger partial charge >= 0.3 is 0 Å². The van der Waals surface area contributed by atoms with E-state index in [1.807, 2.05) is 24.3 Å². The highest BCUT2D eigenvalue weighted by Crippen LogP contribution is 2.34. The average Bonchev–Trinajstić information content (AvgIpc) is 2.53. The second-order valence-corrected chi connectivity index (χ2v) is 5.80. The van der Waals surface area contributed by atoms with Crippen molar-refractivity contribution in [1.82, 2.24) is 4.98 Å². The van der Waals surface area contributed by atoms with E-state index in [2.05, 4.69) is 15.2 Å². The molecule has 0 saturated heterocycles. The smallest absolute Gasteiger partial charge is 0.211 e. The Balaban J connectivity index is 2.10. The highest BCUT2D eigenvalue weighted by molar-refractivity contribution is 6.31. The number of nitrogens with one attached hydrogen (secondary N) is 1. The molecule has 118 valence electrons. The lowest BCUT2D eigenvalue weighted by Crippen LogP contribution is -2.28. The van der Waals surface area contributed by atoms with Crippen molar-refractivity contribution in [2.45, 2.75) is 18.8 Å². The number of hydrogen-bond donors (Lipinski definition) is 3. The Morgan fingerprint density at radius 2 is 2.00 bits per heavy atom. The fourth-order valence-corrected chi connectivity index (χ4v) is 3.18. The molecule has 3 rings (SSSR count). The van der Waals surface area contributed by atoms with Crippen molar-refractivity contribution in [3.63, 3.8) is 0 Å². The lowest BCUT2D eigenvalue weighted by molar-refractivity contribution is 0.677. The second kappa shape index (κ2) is 6.26. The summed E-state index contributed by atoms with van der Waals surface area (Å²) in [4.78, 5) is 15.3. The van der Waals surface area contributed by atoms with Gasteiger partial charge in [-0.05, 0) is 30.4 Å². The molecule has 1 aromatic carbocycles. The molecule has 6 nitrogen and oxygen atoms in total. The molecule has 2 aromatic rings. The Hall–Kier alpha value is -2.60. The number of halogens is 1. The lowest BCUT2D eigenvalue weighted by atomic mass is 9.81. The SMILES string of the molecule is NC(N)=NN=C1CC(c2ccccc2Cl)Cc2[nH]ccc(=O)c21. The zero-order valence-corrected chi connectivity index (χ0v) is 13.0. The van der Waals surface area contributed by atoms with Gasteiger partial charge in [-0.1, -0.05) is 29.8 Å². The molecule has 1 heterocycles. The Morgan fingerprint density at radius 3 is 2.74 bits per heavy atom. The summed E-state index contributed by atoms with van der Waals surface area (Å²) >= 11 is 6.31. The standard InChI is InChI=1S/C16H16ClN5O/c17-11-4-2-1-3-10(11)9-7-12-15(14(23)5-6-20-12)13(8-9)21-22-16(18)19/h1-6,9H,7-8H2,(H,20,23)(H4,18,19,22). The summed E-state index contributed by atoms with van der Waals surface area (Å²) in [7, 11) is 0. The number of benzene rings is 1. The largest absolute Gasteiger partial charge is 0.369 e. The van der Waals surface area contributed by atoms with Gasteiger partial charge in [0.2, 0.25) is 5.96 Å². The third-order valence-electron chi connectivity index (χ3n) is 3.85. The van der Waals surface area contributed by atoms with Gasteiger partial charge in [-0.15, -0.1) is 5.10 Å². The van der Waals surface area contributed by atoms with E-state index in [-0.39, 0.29) is 17.3 Å². The summed E-state index contributed by atoms with van der Waals surface area (Å²) in [6.07, 6.45) is 2.85. The first-order valence-electron chi connectivity index (χ1n) is 7.17. The molecule has 1 atom stereocenters. The van der Waals surface area contributed by atoms with Crippen LogP contribution in [0.25, 0.3) is 0 Å². The molecule has 23 heavy (non-hydrogen) atoms. The van der Waals surface area contributed by atoms with Crippen molar-refractivity contribution in [3.8, 4) is 0 Å².